The van der Waals surface area contributed by atoms with Gasteiger partial charge in [0.25, 0.3) is 5.91 Å². The van der Waals surface area contributed by atoms with Crippen LogP contribution in [0.15, 0.2) is 18.2 Å². The minimum Gasteiger partial charge on any atom is -0.497 e. The van der Waals surface area contributed by atoms with Crippen molar-refractivity contribution in [3.63, 3.8) is 0 Å². The van der Waals surface area contributed by atoms with Gasteiger partial charge in [0.15, 0.2) is 0 Å². The molecule has 6 nitrogen and oxygen atoms in total. The second kappa shape index (κ2) is 7.47. The molecule has 1 aliphatic rings. The number of carbonyl (C=O) groups is 1. The number of benzene rings is 1. The average Bonchev–Trinajstić information content (AvgIpc) is 2.53. The highest BCUT2D eigenvalue weighted by atomic mass is 16.5. The van der Waals surface area contributed by atoms with Crippen molar-refractivity contribution in [3.8, 4) is 11.5 Å². The number of carbonyl (C=O) groups excluding carboxylic acids is 1. The number of amides is 1. The first kappa shape index (κ1) is 16.6. The molecule has 1 aromatic rings. The Bertz CT molecular complexity index is 519. The summed E-state index contributed by atoms with van der Waals surface area (Å²) in [7, 11) is 7.13. The maximum atomic E-state index is 12.9. The van der Waals surface area contributed by atoms with E-state index in [0.717, 1.165) is 6.54 Å². The van der Waals surface area contributed by atoms with E-state index < -0.39 is 0 Å². The standard InChI is InChI=1S/C16H24N2O4/c1-17(2)10-12-11-22-8-7-18(12)16(19)14-6-5-13(20-3)9-15(14)21-4/h5-6,9,12H,7-8,10-11H2,1-4H3/t12-/m0/s1. The summed E-state index contributed by atoms with van der Waals surface area (Å²) in [4.78, 5) is 16.8. The molecule has 1 aliphatic heterocycles. The Hall–Kier alpha value is -1.79. The van der Waals surface area contributed by atoms with Crippen LogP contribution in [0.3, 0.4) is 0 Å². The van der Waals surface area contributed by atoms with E-state index in [0.29, 0.717) is 36.8 Å². The molecule has 1 aromatic carbocycles. The maximum absolute atomic E-state index is 12.9. The molecule has 0 N–H and O–H groups in total. The average molecular weight is 308 g/mol. The van der Waals surface area contributed by atoms with Gasteiger partial charge in [0.1, 0.15) is 11.5 Å². The zero-order valence-electron chi connectivity index (χ0n) is 13.7. The number of hydrogen-bond donors (Lipinski definition) is 0. The van der Waals surface area contributed by atoms with Crippen LogP contribution in [0, 0.1) is 0 Å². The first-order chi connectivity index (χ1) is 10.6. The number of methoxy groups -OCH3 is 2. The van der Waals surface area contributed by atoms with E-state index >= 15 is 0 Å². The third kappa shape index (κ3) is 3.69. The minimum absolute atomic E-state index is 0.0327. The first-order valence-corrected chi connectivity index (χ1v) is 7.32. The summed E-state index contributed by atoms with van der Waals surface area (Å²) in [6.45, 7) is 2.48. The fraction of sp³-hybridized carbons (Fsp3) is 0.562. The third-order valence-electron chi connectivity index (χ3n) is 3.70. The number of ether oxygens (including phenoxy) is 3. The quantitative estimate of drug-likeness (QED) is 0.815. The lowest BCUT2D eigenvalue weighted by atomic mass is 10.1. The molecule has 6 heteroatoms. The number of nitrogens with zero attached hydrogens (tertiary/aromatic N) is 2. The van der Waals surface area contributed by atoms with Crippen LogP contribution in [0.25, 0.3) is 0 Å². The Labute approximate surface area is 131 Å². The highest BCUT2D eigenvalue weighted by molar-refractivity contribution is 5.97. The van der Waals surface area contributed by atoms with Crippen molar-refractivity contribution in [1.82, 2.24) is 9.80 Å². The monoisotopic (exact) mass is 308 g/mol. The number of likely N-dealkylation sites (N-methyl/N-ethyl adjacent to an activating group) is 1. The summed E-state index contributed by atoms with van der Waals surface area (Å²) in [6.07, 6.45) is 0. The SMILES string of the molecule is COc1ccc(C(=O)N2CCOC[C@@H]2CN(C)C)c(OC)c1. The zero-order valence-corrected chi connectivity index (χ0v) is 13.7. The molecule has 1 heterocycles. The summed E-state index contributed by atoms with van der Waals surface area (Å²) >= 11 is 0. The van der Waals surface area contributed by atoms with Crippen molar-refractivity contribution < 1.29 is 19.0 Å². The molecule has 1 atom stereocenters. The Morgan fingerprint density at radius 2 is 2.14 bits per heavy atom. The van der Waals surface area contributed by atoms with E-state index in [1.807, 2.05) is 19.0 Å². The van der Waals surface area contributed by atoms with Gasteiger partial charge in [0, 0.05) is 19.2 Å². The topological polar surface area (TPSA) is 51.2 Å². The molecule has 2 rings (SSSR count). The molecule has 0 aromatic heterocycles. The van der Waals surface area contributed by atoms with E-state index in [1.165, 1.54) is 0 Å². The number of rotatable bonds is 5. The Kier molecular flexibility index (Phi) is 5.63. The van der Waals surface area contributed by atoms with Crippen molar-refractivity contribution in [2.24, 2.45) is 0 Å². The molecular weight excluding hydrogens is 284 g/mol. The molecule has 1 amide bonds. The number of morpholine rings is 1. The van der Waals surface area contributed by atoms with Gasteiger partial charge >= 0.3 is 0 Å². The van der Waals surface area contributed by atoms with Crippen LogP contribution in [-0.2, 0) is 4.74 Å². The molecule has 122 valence electrons. The van der Waals surface area contributed by atoms with Crippen molar-refractivity contribution in [3.05, 3.63) is 23.8 Å². The van der Waals surface area contributed by atoms with Gasteiger partial charge in [0.05, 0.1) is 39.0 Å². The number of hydrogen-bond acceptors (Lipinski definition) is 5. The molecule has 0 spiro atoms. The van der Waals surface area contributed by atoms with Crippen LogP contribution in [0.4, 0.5) is 0 Å². The largest absolute Gasteiger partial charge is 0.497 e. The Morgan fingerprint density at radius 3 is 2.77 bits per heavy atom. The Morgan fingerprint density at radius 1 is 1.36 bits per heavy atom. The van der Waals surface area contributed by atoms with Gasteiger partial charge in [-0.2, -0.15) is 0 Å². The molecule has 0 unspecified atom stereocenters. The lowest BCUT2D eigenvalue weighted by Gasteiger charge is -2.37. The molecule has 0 saturated carbocycles. The minimum atomic E-state index is -0.0327. The van der Waals surface area contributed by atoms with Crippen LogP contribution in [0.5, 0.6) is 11.5 Å². The summed E-state index contributed by atoms with van der Waals surface area (Å²) < 4.78 is 16.0. The van der Waals surface area contributed by atoms with Gasteiger partial charge in [0.2, 0.25) is 0 Å². The van der Waals surface area contributed by atoms with E-state index in [9.17, 15) is 4.79 Å². The summed E-state index contributed by atoms with van der Waals surface area (Å²) in [6, 6.07) is 5.30. The predicted octanol–water partition coefficient (Wildman–Crippen LogP) is 1.11. The highest BCUT2D eigenvalue weighted by Gasteiger charge is 2.30. The molecule has 0 radical (unpaired) electrons. The predicted molar refractivity (Wildman–Crippen MR) is 83.7 cm³/mol. The van der Waals surface area contributed by atoms with Gasteiger partial charge in [-0.05, 0) is 26.2 Å². The van der Waals surface area contributed by atoms with Gasteiger partial charge in [-0.25, -0.2) is 0 Å². The van der Waals surface area contributed by atoms with Crippen molar-refractivity contribution in [2.75, 3.05) is 54.6 Å². The smallest absolute Gasteiger partial charge is 0.258 e. The molecule has 22 heavy (non-hydrogen) atoms. The van der Waals surface area contributed by atoms with E-state index in [1.54, 1.807) is 32.4 Å². The van der Waals surface area contributed by atoms with Crippen molar-refractivity contribution >= 4 is 5.91 Å². The summed E-state index contributed by atoms with van der Waals surface area (Å²) in [5.41, 5.74) is 0.550. The van der Waals surface area contributed by atoms with Gasteiger partial charge < -0.3 is 24.0 Å². The second-order valence-corrected chi connectivity index (χ2v) is 5.56. The highest BCUT2D eigenvalue weighted by Crippen LogP contribution is 2.26. The summed E-state index contributed by atoms with van der Waals surface area (Å²) in [5.74, 6) is 1.16. The van der Waals surface area contributed by atoms with E-state index in [4.69, 9.17) is 14.2 Å². The summed E-state index contributed by atoms with van der Waals surface area (Å²) in [5, 5.41) is 0. The Balaban J connectivity index is 2.25. The van der Waals surface area contributed by atoms with Crippen LogP contribution in [0.1, 0.15) is 10.4 Å². The van der Waals surface area contributed by atoms with Crippen molar-refractivity contribution in [2.45, 2.75) is 6.04 Å². The van der Waals surface area contributed by atoms with Crippen LogP contribution < -0.4 is 9.47 Å². The zero-order chi connectivity index (χ0) is 16.1. The van der Waals surface area contributed by atoms with Gasteiger partial charge in [-0.3, -0.25) is 4.79 Å². The van der Waals surface area contributed by atoms with E-state index in [-0.39, 0.29) is 11.9 Å². The van der Waals surface area contributed by atoms with Crippen LogP contribution >= 0.6 is 0 Å². The van der Waals surface area contributed by atoms with Crippen LogP contribution in [0.2, 0.25) is 0 Å². The van der Waals surface area contributed by atoms with Crippen LogP contribution in [-0.4, -0.2) is 76.4 Å². The van der Waals surface area contributed by atoms with Gasteiger partial charge in [-0.15, -0.1) is 0 Å². The molecular formula is C16H24N2O4. The molecule has 1 fully saturated rings. The third-order valence-corrected chi connectivity index (χ3v) is 3.70. The van der Waals surface area contributed by atoms with Crippen molar-refractivity contribution in [1.29, 1.82) is 0 Å². The fourth-order valence-corrected chi connectivity index (χ4v) is 2.62. The maximum Gasteiger partial charge on any atom is 0.258 e. The molecule has 0 bridgehead atoms. The normalized spacial score (nSPS) is 18.4. The first-order valence-electron chi connectivity index (χ1n) is 7.32. The second-order valence-electron chi connectivity index (χ2n) is 5.56. The molecule has 0 aliphatic carbocycles. The van der Waals surface area contributed by atoms with Gasteiger partial charge in [-0.1, -0.05) is 0 Å². The van der Waals surface area contributed by atoms with E-state index in [2.05, 4.69) is 4.90 Å². The lowest BCUT2D eigenvalue weighted by Crippen LogP contribution is -2.52. The lowest BCUT2D eigenvalue weighted by molar-refractivity contribution is -0.00843. The molecule has 1 saturated heterocycles. The fourth-order valence-electron chi connectivity index (χ4n) is 2.62.